The van der Waals surface area contributed by atoms with Crippen LogP contribution in [0.25, 0.3) is 10.2 Å². The lowest BCUT2D eigenvalue weighted by Crippen LogP contribution is -2.52. The third kappa shape index (κ3) is 4.62. The fraction of sp³-hybridized carbons (Fsp3) is 0.696. The summed E-state index contributed by atoms with van der Waals surface area (Å²) in [6.07, 6.45) is 7.24. The summed E-state index contributed by atoms with van der Waals surface area (Å²) < 4.78 is 12.7. The van der Waals surface area contributed by atoms with Crippen molar-refractivity contribution < 1.29 is 14.3 Å². The number of hydrogen-bond donors (Lipinski definition) is 1. The highest BCUT2D eigenvalue weighted by atomic mass is 32.1. The van der Waals surface area contributed by atoms with E-state index in [9.17, 15) is 9.59 Å². The van der Waals surface area contributed by atoms with Crippen LogP contribution in [0.4, 0.5) is 0 Å². The van der Waals surface area contributed by atoms with Gasteiger partial charge in [-0.3, -0.25) is 19.1 Å². The van der Waals surface area contributed by atoms with Gasteiger partial charge in [0.15, 0.2) is 0 Å². The van der Waals surface area contributed by atoms with Gasteiger partial charge in [-0.15, -0.1) is 11.3 Å². The normalized spacial score (nSPS) is 22.7. The summed E-state index contributed by atoms with van der Waals surface area (Å²) in [5.74, 6) is 0.411. The lowest BCUT2D eigenvalue weighted by molar-refractivity contribution is -0.121. The molecule has 2 fully saturated rings. The summed E-state index contributed by atoms with van der Waals surface area (Å²) in [7, 11) is 0. The Bertz CT molecular complexity index is 1010. The van der Waals surface area contributed by atoms with E-state index in [-0.39, 0.29) is 23.9 Å². The highest BCUT2D eigenvalue weighted by Crippen LogP contribution is 2.33. The molecule has 0 spiro atoms. The Morgan fingerprint density at radius 1 is 1.22 bits per heavy atom. The number of aromatic nitrogens is 2. The molecule has 0 bridgehead atoms. The number of rotatable bonds is 7. The van der Waals surface area contributed by atoms with Gasteiger partial charge in [0.05, 0.1) is 31.5 Å². The number of morpholine rings is 1. The molecule has 174 valence electrons. The van der Waals surface area contributed by atoms with Crippen LogP contribution in [0.15, 0.2) is 11.1 Å². The summed E-state index contributed by atoms with van der Waals surface area (Å²) in [4.78, 5) is 34.9. The quantitative estimate of drug-likeness (QED) is 0.675. The molecule has 1 N–H and O–H groups in total. The predicted octanol–water partition coefficient (Wildman–Crippen LogP) is 1.58. The first-order chi connectivity index (χ1) is 15.7. The minimum atomic E-state index is -0.0264. The Kier molecular flexibility index (Phi) is 6.87. The number of ether oxygens (including phenoxy) is 2. The van der Waals surface area contributed by atoms with Crippen molar-refractivity contribution in [3.05, 3.63) is 27.1 Å². The van der Waals surface area contributed by atoms with Crippen LogP contribution in [-0.4, -0.2) is 72.5 Å². The number of amides is 1. The van der Waals surface area contributed by atoms with Crippen molar-refractivity contribution in [1.82, 2.24) is 19.8 Å². The maximum Gasteiger partial charge on any atom is 0.262 e. The first-order valence-corrected chi connectivity index (χ1v) is 12.7. The Balaban J connectivity index is 1.21. The van der Waals surface area contributed by atoms with Crippen LogP contribution in [-0.2, 0) is 33.7 Å². The molecule has 8 nitrogen and oxygen atoms in total. The van der Waals surface area contributed by atoms with Gasteiger partial charge < -0.3 is 14.8 Å². The van der Waals surface area contributed by atoms with Gasteiger partial charge >= 0.3 is 0 Å². The molecular weight excluding hydrogens is 428 g/mol. The van der Waals surface area contributed by atoms with Crippen LogP contribution in [0, 0.1) is 5.92 Å². The Morgan fingerprint density at radius 3 is 2.88 bits per heavy atom. The number of nitrogens with one attached hydrogen (secondary N) is 1. The molecule has 5 rings (SSSR count). The van der Waals surface area contributed by atoms with Gasteiger partial charge in [-0.1, -0.05) is 0 Å². The fourth-order valence-corrected chi connectivity index (χ4v) is 6.45. The van der Waals surface area contributed by atoms with Gasteiger partial charge in [0.2, 0.25) is 5.91 Å². The molecule has 0 aromatic carbocycles. The molecule has 1 amide bonds. The zero-order chi connectivity index (χ0) is 21.9. The van der Waals surface area contributed by atoms with E-state index < -0.39 is 0 Å². The van der Waals surface area contributed by atoms with E-state index in [0.29, 0.717) is 19.0 Å². The second-order valence-corrected chi connectivity index (χ2v) is 10.1. The monoisotopic (exact) mass is 460 g/mol. The fourth-order valence-electron chi connectivity index (χ4n) is 5.23. The van der Waals surface area contributed by atoms with E-state index in [2.05, 4.69) is 15.2 Å². The molecule has 9 heteroatoms. The highest BCUT2D eigenvalue weighted by Gasteiger charge is 2.31. The van der Waals surface area contributed by atoms with Crippen molar-refractivity contribution in [2.75, 3.05) is 46.1 Å². The largest absolute Gasteiger partial charge is 0.381 e. The van der Waals surface area contributed by atoms with Gasteiger partial charge in [-0.25, -0.2) is 4.98 Å². The first-order valence-electron chi connectivity index (χ1n) is 11.9. The summed E-state index contributed by atoms with van der Waals surface area (Å²) in [6.45, 7) is 5.77. The van der Waals surface area contributed by atoms with Gasteiger partial charge in [0.25, 0.3) is 5.56 Å². The molecule has 32 heavy (non-hydrogen) atoms. The van der Waals surface area contributed by atoms with E-state index >= 15 is 0 Å². The van der Waals surface area contributed by atoms with Crippen molar-refractivity contribution in [1.29, 1.82) is 0 Å². The highest BCUT2D eigenvalue weighted by molar-refractivity contribution is 7.18. The number of carbonyl (C=O) groups is 1. The molecule has 4 heterocycles. The number of hydrogen-bond acceptors (Lipinski definition) is 7. The number of fused-ring (bicyclic) bond motifs is 3. The second-order valence-electron chi connectivity index (χ2n) is 9.03. The average molecular weight is 461 g/mol. The van der Waals surface area contributed by atoms with Crippen molar-refractivity contribution in [2.45, 2.75) is 51.1 Å². The van der Waals surface area contributed by atoms with E-state index in [0.717, 1.165) is 75.4 Å². The molecule has 0 radical (unpaired) electrons. The smallest absolute Gasteiger partial charge is 0.262 e. The lowest BCUT2D eigenvalue weighted by Gasteiger charge is -2.37. The third-order valence-electron chi connectivity index (χ3n) is 7.05. The summed E-state index contributed by atoms with van der Waals surface area (Å²) in [5.41, 5.74) is 1.19. The molecule has 1 aliphatic carbocycles. The number of aryl methyl sites for hydroxylation is 3. The molecule has 2 atom stereocenters. The average Bonchev–Trinajstić information content (AvgIpc) is 3.48. The molecule has 2 aliphatic heterocycles. The van der Waals surface area contributed by atoms with Crippen LogP contribution in [0.2, 0.25) is 0 Å². The van der Waals surface area contributed by atoms with Crippen LogP contribution < -0.4 is 10.9 Å². The molecule has 0 saturated carbocycles. The van der Waals surface area contributed by atoms with Crippen LogP contribution in [0.3, 0.4) is 0 Å². The van der Waals surface area contributed by atoms with E-state index in [1.807, 2.05) is 0 Å². The first kappa shape index (κ1) is 22.0. The topological polar surface area (TPSA) is 85.7 Å². The Morgan fingerprint density at radius 2 is 2.06 bits per heavy atom. The zero-order valence-electron chi connectivity index (χ0n) is 18.5. The van der Waals surface area contributed by atoms with Crippen LogP contribution in [0.5, 0.6) is 0 Å². The summed E-state index contributed by atoms with van der Waals surface area (Å²) >= 11 is 1.66. The van der Waals surface area contributed by atoms with E-state index in [1.54, 1.807) is 22.2 Å². The molecule has 3 aliphatic rings. The Labute approximate surface area is 191 Å². The van der Waals surface area contributed by atoms with Crippen molar-refractivity contribution in [2.24, 2.45) is 5.92 Å². The van der Waals surface area contributed by atoms with E-state index in [4.69, 9.17) is 9.47 Å². The summed E-state index contributed by atoms with van der Waals surface area (Å²) in [6, 6.07) is 0.267. The number of thiophene rings is 1. The van der Waals surface area contributed by atoms with Crippen molar-refractivity contribution in [3.63, 3.8) is 0 Å². The minimum Gasteiger partial charge on any atom is -0.381 e. The molecule has 2 unspecified atom stereocenters. The molecule has 2 aromatic rings. The lowest BCUT2D eigenvalue weighted by atomic mass is 9.97. The van der Waals surface area contributed by atoms with Crippen LogP contribution in [0.1, 0.15) is 36.1 Å². The standard InChI is InChI=1S/C23H32N4O4S/c28-20(24-13-18(16-6-10-31-14-16)26-8-11-30-12-9-26)5-7-27-15-25-22-21(23(27)29)17-3-1-2-4-19(17)32-22/h15-16,18H,1-14H2,(H,24,28). The SMILES string of the molecule is O=C(CCn1cnc2sc3c(c2c1=O)CCCC3)NCC(C1CCOC1)N1CCOCC1. The second kappa shape index (κ2) is 9.99. The minimum absolute atomic E-state index is 0.00324. The summed E-state index contributed by atoms with van der Waals surface area (Å²) in [5, 5.41) is 3.90. The number of carbonyl (C=O) groups excluding carboxylic acids is 1. The maximum absolute atomic E-state index is 13.1. The Hall–Kier alpha value is -1.81. The van der Waals surface area contributed by atoms with Crippen LogP contribution >= 0.6 is 11.3 Å². The zero-order valence-corrected chi connectivity index (χ0v) is 19.3. The maximum atomic E-state index is 13.1. The van der Waals surface area contributed by atoms with Crippen molar-refractivity contribution in [3.8, 4) is 0 Å². The van der Waals surface area contributed by atoms with Gasteiger partial charge in [-0.05, 0) is 37.7 Å². The molecular formula is C23H32N4O4S. The molecule has 2 aromatic heterocycles. The van der Waals surface area contributed by atoms with Gasteiger partial charge in [-0.2, -0.15) is 0 Å². The van der Waals surface area contributed by atoms with E-state index in [1.165, 1.54) is 16.9 Å². The molecule has 2 saturated heterocycles. The third-order valence-corrected chi connectivity index (χ3v) is 8.25. The van der Waals surface area contributed by atoms with Gasteiger partial charge in [0, 0.05) is 56.0 Å². The number of nitrogens with zero attached hydrogens (tertiary/aromatic N) is 3. The van der Waals surface area contributed by atoms with Crippen molar-refractivity contribution >= 4 is 27.5 Å². The van der Waals surface area contributed by atoms with Gasteiger partial charge in [0.1, 0.15) is 4.83 Å². The predicted molar refractivity (Wildman–Crippen MR) is 123 cm³/mol.